The van der Waals surface area contributed by atoms with Gasteiger partial charge in [0.15, 0.2) is 0 Å². The van der Waals surface area contributed by atoms with Gasteiger partial charge in [-0.25, -0.2) is 0 Å². The largest absolute Gasteiger partial charge is 0.430 e. The van der Waals surface area contributed by atoms with Gasteiger partial charge in [0.25, 0.3) is 0 Å². The highest BCUT2D eigenvalue weighted by Crippen LogP contribution is 2.32. The molecule has 2 aromatic rings. The van der Waals surface area contributed by atoms with Gasteiger partial charge in [-0.1, -0.05) is 25.4 Å². The number of nitrogens with zero attached hydrogens (tertiary/aromatic N) is 3. The number of aryl methyl sites for hydroxylation is 1. The number of halogens is 1. The van der Waals surface area contributed by atoms with E-state index in [1.165, 1.54) is 22.9 Å². The van der Waals surface area contributed by atoms with Gasteiger partial charge in [-0.15, -0.1) is 5.10 Å². The van der Waals surface area contributed by atoms with E-state index in [4.69, 9.17) is 16.3 Å². The fourth-order valence-electron chi connectivity index (χ4n) is 1.28. The van der Waals surface area contributed by atoms with Gasteiger partial charge in [-0.05, 0) is 12.1 Å². The third kappa shape index (κ3) is 3.96. The minimum atomic E-state index is -0.551. The molecule has 0 amide bonds. The van der Waals surface area contributed by atoms with Crippen molar-refractivity contribution in [3.05, 3.63) is 45.6 Å². The van der Waals surface area contributed by atoms with Crippen molar-refractivity contribution >= 4 is 17.3 Å². The first-order valence-electron chi connectivity index (χ1n) is 5.68. The molecule has 0 radical (unpaired) electrons. The molecular formula is C12H14ClN3O3. The van der Waals surface area contributed by atoms with Crippen LogP contribution in [-0.2, 0) is 7.05 Å². The summed E-state index contributed by atoms with van der Waals surface area (Å²) in [7, 11) is 1.73. The molecule has 0 unspecified atom stereocenters. The van der Waals surface area contributed by atoms with Crippen molar-refractivity contribution in [3.8, 4) is 11.6 Å². The van der Waals surface area contributed by atoms with Gasteiger partial charge < -0.3 is 4.74 Å². The Morgan fingerprint density at radius 3 is 2.58 bits per heavy atom. The normalized spacial score (nSPS) is 9.47. The van der Waals surface area contributed by atoms with Gasteiger partial charge in [0.2, 0.25) is 11.6 Å². The SMILES string of the molecule is CC.Cn1ccc(Oc2ccc(Cl)cc2[N+](=O)[O-])n1. The van der Waals surface area contributed by atoms with Crippen LogP contribution in [0.4, 0.5) is 5.69 Å². The zero-order valence-electron chi connectivity index (χ0n) is 10.8. The molecule has 0 N–H and O–H groups in total. The van der Waals surface area contributed by atoms with Crippen molar-refractivity contribution < 1.29 is 9.66 Å². The van der Waals surface area contributed by atoms with Gasteiger partial charge in [0.05, 0.1) is 4.92 Å². The summed E-state index contributed by atoms with van der Waals surface area (Å²) in [5, 5.41) is 15.1. The van der Waals surface area contributed by atoms with Crippen LogP contribution in [-0.4, -0.2) is 14.7 Å². The number of nitro groups is 1. The average Bonchev–Trinajstić information content (AvgIpc) is 2.79. The molecule has 0 saturated heterocycles. The standard InChI is InChI=1S/C10H8ClN3O3.C2H6/c1-13-5-4-10(12-13)17-9-3-2-7(11)6-8(9)14(15)16;1-2/h2-6H,1H3;1-2H3. The molecule has 102 valence electrons. The van der Waals surface area contributed by atoms with E-state index in [-0.39, 0.29) is 22.3 Å². The zero-order chi connectivity index (χ0) is 14.4. The van der Waals surface area contributed by atoms with Crippen LogP contribution in [0.1, 0.15) is 13.8 Å². The van der Waals surface area contributed by atoms with E-state index in [0.29, 0.717) is 0 Å². The summed E-state index contributed by atoms with van der Waals surface area (Å²) in [5.74, 6) is 0.399. The second-order valence-corrected chi connectivity index (χ2v) is 3.74. The second kappa shape index (κ2) is 6.75. The summed E-state index contributed by atoms with van der Waals surface area (Å²) in [5.41, 5.74) is -0.192. The van der Waals surface area contributed by atoms with E-state index in [2.05, 4.69) is 5.10 Å². The lowest BCUT2D eigenvalue weighted by Crippen LogP contribution is -1.94. The quantitative estimate of drug-likeness (QED) is 0.634. The zero-order valence-corrected chi connectivity index (χ0v) is 11.6. The van der Waals surface area contributed by atoms with Crippen LogP contribution in [0.5, 0.6) is 11.6 Å². The van der Waals surface area contributed by atoms with Crippen molar-refractivity contribution in [1.29, 1.82) is 0 Å². The molecule has 0 aliphatic rings. The van der Waals surface area contributed by atoms with E-state index in [0.717, 1.165) is 0 Å². The van der Waals surface area contributed by atoms with Crippen molar-refractivity contribution in [2.24, 2.45) is 7.05 Å². The van der Waals surface area contributed by atoms with Gasteiger partial charge in [-0.2, -0.15) is 0 Å². The predicted molar refractivity (Wildman–Crippen MR) is 72.7 cm³/mol. The van der Waals surface area contributed by atoms with E-state index >= 15 is 0 Å². The Morgan fingerprint density at radius 1 is 1.37 bits per heavy atom. The number of hydrogen-bond acceptors (Lipinski definition) is 4. The maximum atomic E-state index is 10.8. The number of nitro benzene ring substituents is 1. The summed E-state index contributed by atoms with van der Waals surface area (Å²) in [6.07, 6.45) is 1.68. The van der Waals surface area contributed by atoms with Crippen LogP contribution in [0, 0.1) is 10.1 Å². The lowest BCUT2D eigenvalue weighted by atomic mass is 10.3. The molecule has 1 heterocycles. The lowest BCUT2D eigenvalue weighted by Gasteiger charge is -2.03. The molecule has 7 heteroatoms. The van der Waals surface area contributed by atoms with Crippen LogP contribution < -0.4 is 4.74 Å². The molecule has 0 aliphatic heterocycles. The topological polar surface area (TPSA) is 70.2 Å². The molecule has 0 saturated carbocycles. The van der Waals surface area contributed by atoms with Gasteiger partial charge in [0, 0.05) is 30.4 Å². The molecule has 0 atom stereocenters. The number of hydrogen-bond donors (Lipinski definition) is 0. The Balaban J connectivity index is 0.000000861. The minimum absolute atomic E-state index is 0.109. The second-order valence-electron chi connectivity index (χ2n) is 3.30. The van der Waals surface area contributed by atoms with Crippen LogP contribution in [0.15, 0.2) is 30.5 Å². The van der Waals surface area contributed by atoms with Crippen LogP contribution in [0.25, 0.3) is 0 Å². The summed E-state index contributed by atoms with van der Waals surface area (Å²) in [6.45, 7) is 4.00. The van der Waals surface area contributed by atoms with E-state index < -0.39 is 4.92 Å². The Morgan fingerprint density at radius 2 is 2.05 bits per heavy atom. The first-order valence-corrected chi connectivity index (χ1v) is 6.05. The molecule has 1 aromatic heterocycles. The fraction of sp³-hybridized carbons (Fsp3) is 0.250. The lowest BCUT2D eigenvalue weighted by molar-refractivity contribution is -0.385. The first-order chi connectivity index (χ1) is 9.06. The Labute approximate surface area is 115 Å². The Bertz CT molecular complexity index is 569. The maximum absolute atomic E-state index is 10.8. The minimum Gasteiger partial charge on any atom is -0.430 e. The van der Waals surface area contributed by atoms with Gasteiger partial charge in [0.1, 0.15) is 0 Å². The van der Waals surface area contributed by atoms with Crippen LogP contribution in [0.2, 0.25) is 5.02 Å². The smallest absolute Gasteiger partial charge is 0.313 e. The Kier molecular flexibility index (Phi) is 5.32. The van der Waals surface area contributed by atoms with E-state index in [1.807, 2.05) is 13.8 Å². The molecule has 6 nitrogen and oxygen atoms in total. The molecule has 19 heavy (non-hydrogen) atoms. The Hall–Kier alpha value is -2.08. The van der Waals surface area contributed by atoms with E-state index in [1.54, 1.807) is 19.3 Å². The number of benzene rings is 1. The van der Waals surface area contributed by atoms with Crippen molar-refractivity contribution in [1.82, 2.24) is 9.78 Å². The molecule has 1 aromatic carbocycles. The number of aromatic nitrogens is 2. The third-order valence-corrected chi connectivity index (χ3v) is 2.26. The highest BCUT2D eigenvalue weighted by atomic mass is 35.5. The average molecular weight is 284 g/mol. The fourth-order valence-corrected chi connectivity index (χ4v) is 1.45. The molecule has 0 bridgehead atoms. The van der Waals surface area contributed by atoms with Crippen molar-refractivity contribution in [2.45, 2.75) is 13.8 Å². The van der Waals surface area contributed by atoms with Gasteiger partial charge in [-0.3, -0.25) is 14.8 Å². The highest BCUT2D eigenvalue weighted by Gasteiger charge is 2.17. The molecule has 0 aliphatic carbocycles. The predicted octanol–water partition coefficient (Wildman–Crippen LogP) is 3.80. The first kappa shape index (κ1) is 15.0. The molecule has 2 rings (SSSR count). The summed E-state index contributed by atoms with van der Waals surface area (Å²) in [6, 6.07) is 5.81. The molecule has 0 spiro atoms. The van der Waals surface area contributed by atoms with Crippen LogP contribution in [0.3, 0.4) is 0 Å². The van der Waals surface area contributed by atoms with Crippen LogP contribution >= 0.6 is 11.6 Å². The third-order valence-electron chi connectivity index (χ3n) is 2.02. The summed E-state index contributed by atoms with van der Waals surface area (Å²) in [4.78, 5) is 10.3. The highest BCUT2D eigenvalue weighted by molar-refractivity contribution is 6.30. The monoisotopic (exact) mass is 283 g/mol. The maximum Gasteiger partial charge on any atom is 0.313 e. The molecular weight excluding hydrogens is 270 g/mol. The van der Waals surface area contributed by atoms with Crippen molar-refractivity contribution in [2.75, 3.05) is 0 Å². The van der Waals surface area contributed by atoms with Crippen molar-refractivity contribution in [3.63, 3.8) is 0 Å². The van der Waals surface area contributed by atoms with Gasteiger partial charge >= 0.3 is 5.69 Å². The molecule has 0 fully saturated rings. The number of rotatable bonds is 3. The number of ether oxygens (including phenoxy) is 1. The summed E-state index contributed by atoms with van der Waals surface area (Å²) < 4.78 is 6.85. The summed E-state index contributed by atoms with van der Waals surface area (Å²) >= 11 is 5.69. The van der Waals surface area contributed by atoms with E-state index in [9.17, 15) is 10.1 Å².